The Bertz CT molecular complexity index is 5970. The minimum Gasteiger partial charge on any atom is -0.309 e. The average molecular weight is 1210 g/mol. The van der Waals surface area contributed by atoms with Gasteiger partial charge in [-0.15, -0.1) is 0 Å². The van der Waals surface area contributed by atoms with Crippen molar-refractivity contribution >= 4 is 87.2 Å². The van der Waals surface area contributed by atoms with E-state index < -0.39 is 5.41 Å². The molecule has 4 aromatic heterocycles. The summed E-state index contributed by atoms with van der Waals surface area (Å²) in [7, 11) is 0. The predicted octanol–water partition coefficient (Wildman–Crippen LogP) is 23.4. The summed E-state index contributed by atoms with van der Waals surface area (Å²) < 4.78 is 9.81. The molecule has 0 spiro atoms. The molecule has 0 aliphatic heterocycles. The van der Waals surface area contributed by atoms with Crippen LogP contribution in [0.1, 0.15) is 22.3 Å². The van der Waals surface area contributed by atoms with Gasteiger partial charge in [-0.2, -0.15) is 0 Å². The fraction of sp³-hybridized carbons (Fsp3) is 0.0110. The molecular weight excluding hydrogens is 1150 g/mol. The SMILES string of the molecule is c1ccc(-n2c3ccccc3c3cc(-c4cccc5c4-c4ccccc4C5(c4ccc(-c5ccc(-n6c7ccccc7c7ccccc76)cc5)cc4)c4ccc(-c5ccc(-n6c7ccccc7c7ccccc76)cc5)cc4)c4c5ccccc5n(-c5ccccc5)c4c32)cc1. The Hall–Kier alpha value is -12.5. The van der Waals surface area contributed by atoms with Crippen LogP contribution < -0.4 is 0 Å². The topological polar surface area (TPSA) is 19.7 Å². The molecule has 1 aliphatic rings. The lowest BCUT2D eigenvalue weighted by molar-refractivity contribution is 0.769. The highest BCUT2D eigenvalue weighted by Crippen LogP contribution is 2.60. The van der Waals surface area contributed by atoms with Gasteiger partial charge in [0.2, 0.25) is 0 Å². The lowest BCUT2D eigenvalue weighted by Gasteiger charge is -2.34. The molecule has 0 unspecified atom stereocenters. The first-order valence-corrected chi connectivity index (χ1v) is 32.9. The van der Waals surface area contributed by atoms with Gasteiger partial charge in [0.1, 0.15) is 0 Å². The number of hydrogen-bond acceptors (Lipinski definition) is 0. The fourth-order valence-corrected chi connectivity index (χ4v) is 16.7. The van der Waals surface area contributed by atoms with Gasteiger partial charge in [0.15, 0.2) is 0 Å². The van der Waals surface area contributed by atoms with Crippen molar-refractivity contribution in [2.75, 3.05) is 0 Å². The Morgan fingerprint density at radius 2 is 0.526 bits per heavy atom. The van der Waals surface area contributed by atoms with E-state index in [1.165, 1.54) is 137 Å². The number of nitrogens with zero attached hydrogens (tertiary/aromatic N) is 4. The van der Waals surface area contributed by atoms with Crippen molar-refractivity contribution in [3.8, 4) is 67.3 Å². The standard InChI is InChI=1S/C91H58N4/c1-3-22-65(23-4-1)94-85-40-19-12-30-73(85)78-58-77(88-76-32-13-20-41-86(76)95(90(88)89(78)94)66-24-5-2-6-25-66)74-33-21-35-80-87(74)75-31-7-14-34-79(75)91(80,63-50-42-59(43-51-63)61-46-54-67(55-47-61)92-81-36-15-8-26-69(81)70-27-9-16-37-82(70)92)64-52-44-60(45-53-64)62-48-56-68(57-49-62)93-83-38-17-10-28-71(83)72-29-11-18-39-84(72)93/h1-58H. The number of fused-ring (bicyclic) bond motifs is 16. The molecule has 4 heteroatoms. The van der Waals surface area contributed by atoms with E-state index in [9.17, 15) is 0 Å². The second-order valence-electron chi connectivity index (χ2n) is 25.4. The fourth-order valence-electron chi connectivity index (χ4n) is 16.7. The Balaban J connectivity index is 0.798. The molecule has 0 saturated heterocycles. The third-order valence-corrected chi connectivity index (χ3v) is 20.7. The molecule has 0 N–H and O–H groups in total. The van der Waals surface area contributed by atoms with Crippen LogP contribution in [-0.2, 0) is 5.41 Å². The molecule has 4 heterocycles. The van der Waals surface area contributed by atoms with Crippen molar-refractivity contribution in [2.45, 2.75) is 5.41 Å². The monoisotopic (exact) mass is 1210 g/mol. The van der Waals surface area contributed by atoms with E-state index in [1.807, 2.05) is 0 Å². The van der Waals surface area contributed by atoms with Gasteiger partial charge in [-0.05, 0) is 158 Å². The van der Waals surface area contributed by atoms with Gasteiger partial charge in [-0.1, -0.05) is 261 Å². The molecule has 19 aromatic rings. The minimum atomic E-state index is -0.718. The molecule has 95 heavy (non-hydrogen) atoms. The lowest BCUT2D eigenvalue weighted by Crippen LogP contribution is -2.28. The van der Waals surface area contributed by atoms with E-state index in [4.69, 9.17) is 0 Å². The molecule has 0 bridgehead atoms. The molecule has 0 fully saturated rings. The van der Waals surface area contributed by atoms with Gasteiger partial charge < -0.3 is 18.3 Å². The predicted molar refractivity (Wildman–Crippen MR) is 397 cm³/mol. The number of benzene rings is 15. The Morgan fingerprint density at radius 3 is 0.989 bits per heavy atom. The summed E-state index contributed by atoms with van der Waals surface area (Å²) >= 11 is 0. The second kappa shape index (κ2) is 20.8. The third-order valence-electron chi connectivity index (χ3n) is 20.7. The molecule has 1 aliphatic carbocycles. The largest absolute Gasteiger partial charge is 0.309 e. The van der Waals surface area contributed by atoms with Crippen LogP contribution in [0.4, 0.5) is 0 Å². The van der Waals surface area contributed by atoms with Crippen LogP contribution in [0, 0.1) is 0 Å². The first-order chi connectivity index (χ1) is 47.2. The molecule has 442 valence electrons. The molecule has 0 amide bonds. The summed E-state index contributed by atoms with van der Waals surface area (Å²) in [4.78, 5) is 0. The minimum absolute atomic E-state index is 0.718. The Morgan fingerprint density at radius 1 is 0.200 bits per heavy atom. The van der Waals surface area contributed by atoms with Gasteiger partial charge in [0.25, 0.3) is 0 Å². The van der Waals surface area contributed by atoms with Crippen LogP contribution in [-0.4, -0.2) is 18.3 Å². The third kappa shape index (κ3) is 7.71. The van der Waals surface area contributed by atoms with Crippen molar-refractivity contribution in [3.05, 3.63) is 374 Å². The van der Waals surface area contributed by atoms with Crippen LogP contribution in [0.5, 0.6) is 0 Å². The maximum atomic E-state index is 2.53. The maximum Gasteiger partial charge on any atom is 0.0795 e. The van der Waals surface area contributed by atoms with E-state index in [-0.39, 0.29) is 0 Å². The zero-order valence-electron chi connectivity index (χ0n) is 51.8. The summed E-state index contributed by atoms with van der Waals surface area (Å²) in [5.41, 5.74) is 27.8. The van der Waals surface area contributed by atoms with Crippen molar-refractivity contribution in [2.24, 2.45) is 0 Å². The highest BCUT2D eigenvalue weighted by atomic mass is 15.0. The molecular formula is C91H58N4. The summed E-state index contributed by atoms with van der Waals surface area (Å²) in [6, 6.07) is 131. The highest BCUT2D eigenvalue weighted by Gasteiger charge is 2.47. The lowest BCUT2D eigenvalue weighted by atomic mass is 9.67. The number of aromatic nitrogens is 4. The van der Waals surface area contributed by atoms with Crippen LogP contribution in [0.15, 0.2) is 352 Å². The maximum absolute atomic E-state index is 2.53. The molecule has 0 saturated carbocycles. The normalized spacial score (nSPS) is 12.7. The number of hydrogen-bond donors (Lipinski definition) is 0. The summed E-state index contributed by atoms with van der Waals surface area (Å²) in [5, 5.41) is 9.89. The molecule has 0 radical (unpaired) electrons. The van der Waals surface area contributed by atoms with Crippen LogP contribution >= 0.6 is 0 Å². The van der Waals surface area contributed by atoms with Crippen molar-refractivity contribution in [3.63, 3.8) is 0 Å². The first-order valence-electron chi connectivity index (χ1n) is 32.9. The molecule has 15 aromatic carbocycles. The van der Waals surface area contributed by atoms with E-state index in [0.29, 0.717) is 0 Å². The zero-order chi connectivity index (χ0) is 62.3. The van der Waals surface area contributed by atoms with E-state index >= 15 is 0 Å². The number of para-hydroxylation sites is 8. The second-order valence-corrected chi connectivity index (χ2v) is 25.4. The summed E-state index contributed by atoms with van der Waals surface area (Å²) in [6.07, 6.45) is 0. The van der Waals surface area contributed by atoms with Gasteiger partial charge in [0, 0.05) is 65.8 Å². The Labute approximate surface area is 548 Å². The van der Waals surface area contributed by atoms with Gasteiger partial charge >= 0.3 is 0 Å². The first kappa shape index (κ1) is 53.2. The van der Waals surface area contributed by atoms with E-state index in [0.717, 1.165) is 39.4 Å². The van der Waals surface area contributed by atoms with Crippen molar-refractivity contribution in [1.29, 1.82) is 0 Å². The number of rotatable bonds is 9. The van der Waals surface area contributed by atoms with Gasteiger partial charge in [0.05, 0.1) is 49.5 Å². The average Bonchev–Trinajstić information content (AvgIpc) is 1.53. The van der Waals surface area contributed by atoms with Crippen molar-refractivity contribution < 1.29 is 0 Å². The highest BCUT2D eigenvalue weighted by molar-refractivity contribution is 6.29. The van der Waals surface area contributed by atoms with E-state index in [1.54, 1.807) is 0 Å². The van der Waals surface area contributed by atoms with Crippen LogP contribution in [0.3, 0.4) is 0 Å². The molecule has 4 nitrogen and oxygen atoms in total. The van der Waals surface area contributed by atoms with E-state index in [2.05, 4.69) is 370 Å². The van der Waals surface area contributed by atoms with Gasteiger partial charge in [-0.25, -0.2) is 0 Å². The summed E-state index contributed by atoms with van der Waals surface area (Å²) in [6.45, 7) is 0. The zero-order valence-corrected chi connectivity index (χ0v) is 51.8. The quantitative estimate of drug-likeness (QED) is 0.137. The smallest absolute Gasteiger partial charge is 0.0795 e. The molecule has 0 atom stereocenters. The van der Waals surface area contributed by atoms with Crippen molar-refractivity contribution in [1.82, 2.24) is 18.3 Å². The summed E-state index contributed by atoms with van der Waals surface area (Å²) in [5.74, 6) is 0. The van der Waals surface area contributed by atoms with Crippen LogP contribution in [0.25, 0.3) is 154 Å². The Kier molecular flexibility index (Phi) is 11.6. The van der Waals surface area contributed by atoms with Gasteiger partial charge in [-0.3, -0.25) is 0 Å². The van der Waals surface area contributed by atoms with Crippen LogP contribution in [0.2, 0.25) is 0 Å². The molecule has 20 rings (SSSR count).